The summed E-state index contributed by atoms with van der Waals surface area (Å²) in [6, 6.07) is 9.33. The highest BCUT2D eigenvalue weighted by Crippen LogP contribution is 2.38. The third-order valence-corrected chi connectivity index (χ3v) is 4.94. The smallest absolute Gasteiger partial charge is 0.0346 e. The van der Waals surface area contributed by atoms with Crippen molar-refractivity contribution in [3.05, 3.63) is 34.3 Å². The van der Waals surface area contributed by atoms with E-state index in [1.807, 2.05) is 0 Å². The van der Waals surface area contributed by atoms with Crippen LogP contribution in [-0.4, -0.2) is 7.05 Å². The summed E-state index contributed by atoms with van der Waals surface area (Å²) in [5.74, 6) is 1.74. The number of halogens is 1. The lowest BCUT2D eigenvalue weighted by Gasteiger charge is -2.34. The van der Waals surface area contributed by atoms with Crippen LogP contribution in [0.5, 0.6) is 0 Å². The van der Waals surface area contributed by atoms with E-state index in [1.165, 1.54) is 37.7 Å². The molecule has 2 heteroatoms. The Balaban J connectivity index is 2.10. The van der Waals surface area contributed by atoms with Crippen molar-refractivity contribution in [2.75, 3.05) is 7.05 Å². The van der Waals surface area contributed by atoms with E-state index in [2.05, 4.69) is 59.5 Å². The normalized spacial score (nSPS) is 25.9. The molecule has 0 radical (unpaired) electrons. The molecule has 2 rings (SSSR count). The Labute approximate surface area is 119 Å². The van der Waals surface area contributed by atoms with Crippen LogP contribution in [-0.2, 0) is 0 Å². The molecule has 1 nitrogen and oxygen atoms in total. The molecule has 3 atom stereocenters. The first-order valence-electron chi connectivity index (χ1n) is 7.17. The fourth-order valence-corrected chi connectivity index (χ4v) is 3.62. The standard InChI is InChI=1S/C16H24BrN/c1-3-12-5-4-6-14(11-12)16(18-2)13-7-9-15(17)10-8-13/h7-10,12,14,16,18H,3-6,11H2,1-2H3. The van der Waals surface area contributed by atoms with Crippen LogP contribution in [0.4, 0.5) is 0 Å². The number of nitrogens with one attached hydrogen (secondary N) is 1. The minimum atomic E-state index is 0.521. The van der Waals surface area contributed by atoms with Crippen LogP contribution in [0.1, 0.15) is 50.6 Å². The summed E-state index contributed by atoms with van der Waals surface area (Å²) >= 11 is 3.51. The van der Waals surface area contributed by atoms with Gasteiger partial charge in [-0.3, -0.25) is 0 Å². The molecule has 1 aromatic carbocycles. The topological polar surface area (TPSA) is 12.0 Å². The van der Waals surface area contributed by atoms with E-state index in [1.54, 1.807) is 0 Å². The summed E-state index contributed by atoms with van der Waals surface area (Å²) in [5, 5.41) is 3.54. The number of benzene rings is 1. The van der Waals surface area contributed by atoms with Crippen LogP contribution in [0.15, 0.2) is 28.7 Å². The van der Waals surface area contributed by atoms with Gasteiger partial charge in [0.2, 0.25) is 0 Å². The molecule has 0 saturated heterocycles. The second kappa shape index (κ2) is 6.72. The molecular formula is C16H24BrN. The minimum absolute atomic E-state index is 0.521. The van der Waals surface area contributed by atoms with Gasteiger partial charge in [-0.05, 0) is 49.4 Å². The van der Waals surface area contributed by atoms with E-state index in [4.69, 9.17) is 0 Å². The molecule has 18 heavy (non-hydrogen) atoms. The van der Waals surface area contributed by atoms with Gasteiger partial charge in [-0.25, -0.2) is 0 Å². The molecule has 0 bridgehead atoms. The molecule has 0 amide bonds. The zero-order valence-corrected chi connectivity index (χ0v) is 13.0. The highest BCUT2D eigenvalue weighted by molar-refractivity contribution is 9.10. The lowest BCUT2D eigenvalue weighted by Crippen LogP contribution is -2.29. The summed E-state index contributed by atoms with van der Waals surface area (Å²) in [7, 11) is 2.10. The Bertz CT molecular complexity index is 360. The minimum Gasteiger partial charge on any atom is -0.313 e. The van der Waals surface area contributed by atoms with Crippen LogP contribution >= 0.6 is 15.9 Å². The summed E-state index contributed by atoms with van der Waals surface area (Å²) in [4.78, 5) is 0. The Morgan fingerprint density at radius 2 is 2.00 bits per heavy atom. The largest absolute Gasteiger partial charge is 0.313 e. The predicted octanol–water partition coefficient (Wildman–Crippen LogP) is 4.93. The number of hydrogen-bond acceptors (Lipinski definition) is 1. The molecule has 0 spiro atoms. The average Bonchev–Trinajstić information content (AvgIpc) is 2.42. The number of hydrogen-bond donors (Lipinski definition) is 1. The maximum Gasteiger partial charge on any atom is 0.0346 e. The fourth-order valence-electron chi connectivity index (χ4n) is 3.35. The van der Waals surface area contributed by atoms with Crippen molar-refractivity contribution in [2.24, 2.45) is 11.8 Å². The monoisotopic (exact) mass is 309 g/mol. The third kappa shape index (κ3) is 3.36. The van der Waals surface area contributed by atoms with Gasteiger partial charge in [0.05, 0.1) is 0 Å². The van der Waals surface area contributed by atoms with E-state index in [9.17, 15) is 0 Å². The van der Waals surface area contributed by atoms with Crippen molar-refractivity contribution in [3.63, 3.8) is 0 Å². The molecule has 1 aliphatic carbocycles. The Morgan fingerprint density at radius 3 is 2.61 bits per heavy atom. The van der Waals surface area contributed by atoms with Crippen LogP contribution in [0, 0.1) is 11.8 Å². The lowest BCUT2D eigenvalue weighted by molar-refractivity contribution is 0.214. The van der Waals surface area contributed by atoms with Gasteiger partial charge < -0.3 is 5.32 Å². The van der Waals surface area contributed by atoms with Crippen LogP contribution < -0.4 is 5.32 Å². The van der Waals surface area contributed by atoms with Gasteiger partial charge in [0.15, 0.2) is 0 Å². The highest BCUT2D eigenvalue weighted by Gasteiger charge is 2.27. The van der Waals surface area contributed by atoms with Gasteiger partial charge in [0, 0.05) is 10.5 Å². The van der Waals surface area contributed by atoms with Crippen LogP contribution in [0.25, 0.3) is 0 Å². The maximum atomic E-state index is 3.54. The number of rotatable bonds is 4. The molecular weight excluding hydrogens is 286 g/mol. The van der Waals surface area contributed by atoms with Crippen molar-refractivity contribution in [2.45, 2.75) is 45.1 Å². The van der Waals surface area contributed by atoms with E-state index in [0.29, 0.717) is 6.04 Å². The first kappa shape index (κ1) is 14.1. The van der Waals surface area contributed by atoms with Crippen LogP contribution in [0.3, 0.4) is 0 Å². The summed E-state index contributed by atoms with van der Waals surface area (Å²) in [6.45, 7) is 2.33. The Hall–Kier alpha value is -0.340. The summed E-state index contributed by atoms with van der Waals surface area (Å²) in [6.07, 6.45) is 6.94. The Kier molecular flexibility index (Phi) is 5.25. The van der Waals surface area contributed by atoms with Gasteiger partial charge in [-0.15, -0.1) is 0 Å². The second-order valence-electron chi connectivity index (χ2n) is 5.52. The van der Waals surface area contributed by atoms with Crippen molar-refractivity contribution < 1.29 is 0 Å². The lowest BCUT2D eigenvalue weighted by atomic mass is 9.75. The highest BCUT2D eigenvalue weighted by atomic mass is 79.9. The van der Waals surface area contributed by atoms with Gasteiger partial charge in [-0.2, -0.15) is 0 Å². The van der Waals surface area contributed by atoms with Gasteiger partial charge >= 0.3 is 0 Å². The second-order valence-corrected chi connectivity index (χ2v) is 6.43. The molecule has 1 aliphatic rings. The van der Waals surface area contributed by atoms with E-state index in [0.717, 1.165) is 16.3 Å². The molecule has 1 saturated carbocycles. The van der Waals surface area contributed by atoms with E-state index >= 15 is 0 Å². The average molecular weight is 310 g/mol. The SMILES string of the molecule is CCC1CCCC(C(NC)c2ccc(Br)cc2)C1. The van der Waals surface area contributed by atoms with E-state index < -0.39 is 0 Å². The first-order valence-corrected chi connectivity index (χ1v) is 7.96. The van der Waals surface area contributed by atoms with Crippen molar-refractivity contribution in [1.82, 2.24) is 5.32 Å². The summed E-state index contributed by atoms with van der Waals surface area (Å²) < 4.78 is 1.16. The molecule has 1 N–H and O–H groups in total. The molecule has 3 unspecified atom stereocenters. The van der Waals surface area contributed by atoms with Crippen LogP contribution in [0.2, 0.25) is 0 Å². The van der Waals surface area contributed by atoms with Crippen molar-refractivity contribution >= 4 is 15.9 Å². The Morgan fingerprint density at radius 1 is 1.28 bits per heavy atom. The van der Waals surface area contributed by atoms with Gasteiger partial charge in [0.1, 0.15) is 0 Å². The first-order chi connectivity index (χ1) is 8.74. The predicted molar refractivity (Wildman–Crippen MR) is 81.7 cm³/mol. The quantitative estimate of drug-likeness (QED) is 0.832. The molecule has 100 valence electrons. The van der Waals surface area contributed by atoms with Gasteiger partial charge in [-0.1, -0.05) is 54.2 Å². The van der Waals surface area contributed by atoms with E-state index in [-0.39, 0.29) is 0 Å². The maximum absolute atomic E-state index is 3.54. The molecule has 0 aliphatic heterocycles. The fraction of sp³-hybridized carbons (Fsp3) is 0.625. The molecule has 1 aromatic rings. The molecule has 0 aromatic heterocycles. The molecule has 0 heterocycles. The zero-order chi connectivity index (χ0) is 13.0. The van der Waals surface area contributed by atoms with Gasteiger partial charge in [0.25, 0.3) is 0 Å². The molecule has 1 fully saturated rings. The van der Waals surface area contributed by atoms with Crippen molar-refractivity contribution in [3.8, 4) is 0 Å². The zero-order valence-electron chi connectivity index (χ0n) is 11.5. The summed E-state index contributed by atoms with van der Waals surface area (Å²) in [5.41, 5.74) is 1.43. The third-order valence-electron chi connectivity index (χ3n) is 4.41. The van der Waals surface area contributed by atoms with Crippen molar-refractivity contribution in [1.29, 1.82) is 0 Å².